The van der Waals surface area contributed by atoms with E-state index in [9.17, 15) is 4.79 Å². The Kier molecular flexibility index (Phi) is 6.20. The largest absolute Gasteiger partial charge is 0.342 e. The van der Waals surface area contributed by atoms with E-state index in [0.717, 1.165) is 48.4 Å². The van der Waals surface area contributed by atoms with E-state index in [2.05, 4.69) is 10.2 Å². The number of piperidine rings is 1. The van der Waals surface area contributed by atoms with Gasteiger partial charge in [-0.3, -0.25) is 4.79 Å². The second-order valence-corrected chi connectivity index (χ2v) is 8.48. The zero-order chi connectivity index (χ0) is 20.1. The van der Waals surface area contributed by atoms with Crippen LogP contribution in [0.1, 0.15) is 26.2 Å². The molecule has 1 aliphatic rings. The van der Waals surface area contributed by atoms with Gasteiger partial charge in [-0.1, -0.05) is 72.4 Å². The summed E-state index contributed by atoms with van der Waals surface area (Å²) in [4.78, 5) is 19.5. The molecule has 1 aliphatic heterocycles. The van der Waals surface area contributed by atoms with Crippen molar-refractivity contribution in [2.24, 2.45) is 0 Å². The molecule has 3 aromatic rings. The number of hydrogen-bond donors (Lipinski definition) is 0. The number of benzene rings is 2. The van der Waals surface area contributed by atoms with Crippen LogP contribution in [0.5, 0.6) is 0 Å². The van der Waals surface area contributed by atoms with Gasteiger partial charge in [-0.15, -0.1) is 10.2 Å². The Bertz CT molecular complexity index is 959. The highest BCUT2D eigenvalue weighted by molar-refractivity contribution is 8.00. The molecule has 2 aromatic carbocycles. The van der Waals surface area contributed by atoms with Crippen LogP contribution in [0.3, 0.4) is 0 Å². The minimum atomic E-state index is -0.235. The van der Waals surface area contributed by atoms with Gasteiger partial charge in [0.05, 0.1) is 5.25 Å². The van der Waals surface area contributed by atoms with Crippen molar-refractivity contribution in [3.63, 3.8) is 0 Å². The average molecular weight is 405 g/mol. The third-order valence-electron chi connectivity index (χ3n) is 5.06. The van der Waals surface area contributed by atoms with Gasteiger partial charge in [-0.25, -0.2) is 4.98 Å². The van der Waals surface area contributed by atoms with E-state index in [1.54, 1.807) is 0 Å². The molecular weight excluding hydrogens is 380 g/mol. The van der Waals surface area contributed by atoms with Gasteiger partial charge < -0.3 is 4.90 Å². The van der Waals surface area contributed by atoms with E-state index >= 15 is 0 Å². The first-order valence-corrected chi connectivity index (χ1v) is 10.9. The summed E-state index contributed by atoms with van der Waals surface area (Å²) in [6.07, 6.45) is 3.38. The fourth-order valence-corrected chi connectivity index (χ4v) is 4.33. The maximum absolute atomic E-state index is 12.8. The third-order valence-corrected chi connectivity index (χ3v) is 6.00. The van der Waals surface area contributed by atoms with Crippen molar-refractivity contribution in [3.05, 3.63) is 60.7 Å². The number of likely N-dealkylation sites (tertiary alicyclic amines) is 1. The fraction of sp³-hybridized carbons (Fsp3) is 0.304. The molecule has 0 N–H and O–H groups in total. The quantitative estimate of drug-likeness (QED) is 0.577. The van der Waals surface area contributed by atoms with Gasteiger partial charge >= 0.3 is 0 Å². The standard InChI is InChI=1S/C23H24N4OS/c1-17(22(28)27-15-9-4-10-16-27)29-23-24-20(18-11-5-2-6-12-18)21(25-26-23)19-13-7-3-8-14-19/h2-3,5-8,11-14,17H,4,9-10,15-16H2,1H3. The van der Waals surface area contributed by atoms with Crippen molar-refractivity contribution >= 4 is 17.7 Å². The van der Waals surface area contributed by atoms with Crippen LogP contribution in [0, 0.1) is 0 Å². The molecule has 29 heavy (non-hydrogen) atoms. The molecule has 148 valence electrons. The van der Waals surface area contributed by atoms with Crippen LogP contribution in [0.25, 0.3) is 22.5 Å². The molecule has 0 saturated carbocycles. The van der Waals surface area contributed by atoms with E-state index in [4.69, 9.17) is 4.98 Å². The molecule has 1 fully saturated rings. The number of aromatic nitrogens is 3. The van der Waals surface area contributed by atoms with Crippen molar-refractivity contribution < 1.29 is 4.79 Å². The van der Waals surface area contributed by atoms with Crippen LogP contribution in [-0.2, 0) is 4.79 Å². The fourth-order valence-electron chi connectivity index (χ4n) is 3.53. The first kappa shape index (κ1) is 19.6. The zero-order valence-corrected chi connectivity index (χ0v) is 17.3. The molecule has 6 heteroatoms. The SMILES string of the molecule is CC(Sc1nnc(-c2ccccc2)c(-c2ccccc2)n1)C(=O)N1CCCCC1. The molecule has 4 rings (SSSR count). The van der Waals surface area contributed by atoms with Crippen molar-refractivity contribution in [2.75, 3.05) is 13.1 Å². The Balaban J connectivity index is 1.62. The summed E-state index contributed by atoms with van der Waals surface area (Å²) >= 11 is 1.38. The highest BCUT2D eigenvalue weighted by Crippen LogP contribution is 2.31. The lowest BCUT2D eigenvalue weighted by Gasteiger charge is -2.28. The van der Waals surface area contributed by atoms with E-state index < -0.39 is 0 Å². The van der Waals surface area contributed by atoms with Crippen LogP contribution in [0.4, 0.5) is 0 Å². The predicted molar refractivity (Wildman–Crippen MR) is 116 cm³/mol. The Morgan fingerprint density at radius 3 is 2.07 bits per heavy atom. The number of hydrogen-bond acceptors (Lipinski definition) is 5. The van der Waals surface area contributed by atoms with Crippen molar-refractivity contribution in [2.45, 2.75) is 36.6 Å². The minimum absolute atomic E-state index is 0.159. The Hall–Kier alpha value is -2.73. The van der Waals surface area contributed by atoms with Gasteiger partial charge in [0.15, 0.2) is 0 Å². The number of thioether (sulfide) groups is 1. The van der Waals surface area contributed by atoms with Crippen LogP contribution >= 0.6 is 11.8 Å². The number of rotatable bonds is 5. The Morgan fingerprint density at radius 2 is 1.45 bits per heavy atom. The molecule has 0 aliphatic carbocycles. The van der Waals surface area contributed by atoms with Crippen molar-refractivity contribution in [1.82, 2.24) is 20.1 Å². The molecule has 1 saturated heterocycles. The van der Waals surface area contributed by atoms with E-state index in [1.165, 1.54) is 18.2 Å². The topological polar surface area (TPSA) is 59.0 Å². The summed E-state index contributed by atoms with van der Waals surface area (Å²) in [7, 11) is 0. The van der Waals surface area contributed by atoms with Crippen LogP contribution in [0.15, 0.2) is 65.8 Å². The molecule has 0 radical (unpaired) electrons. The van der Waals surface area contributed by atoms with E-state index in [0.29, 0.717) is 5.16 Å². The molecule has 0 bridgehead atoms. The number of amides is 1. The van der Waals surface area contributed by atoms with E-state index in [-0.39, 0.29) is 11.2 Å². The summed E-state index contributed by atoms with van der Waals surface area (Å²) in [5, 5.41) is 9.13. The van der Waals surface area contributed by atoms with Gasteiger partial charge in [-0.2, -0.15) is 0 Å². The maximum Gasteiger partial charge on any atom is 0.235 e. The molecular formula is C23H24N4OS. The summed E-state index contributed by atoms with van der Waals surface area (Å²) in [6.45, 7) is 3.63. The lowest BCUT2D eigenvalue weighted by molar-refractivity contribution is -0.131. The molecule has 5 nitrogen and oxygen atoms in total. The van der Waals surface area contributed by atoms with Gasteiger partial charge in [-0.05, 0) is 26.2 Å². The first-order chi connectivity index (χ1) is 14.2. The highest BCUT2D eigenvalue weighted by Gasteiger charge is 2.24. The Labute approximate surface area is 175 Å². The van der Waals surface area contributed by atoms with E-state index in [1.807, 2.05) is 72.5 Å². The summed E-state index contributed by atoms with van der Waals surface area (Å²) in [5.41, 5.74) is 3.49. The lowest BCUT2D eigenvalue weighted by Crippen LogP contribution is -2.40. The molecule has 2 heterocycles. The molecule has 0 spiro atoms. The summed E-state index contributed by atoms with van der Waals surface area (Å²) in [5.74, 6) is 0.159. The minimum Gasteiger partial charge on any atom is -0.342 e. The number of carbonyl (C=O) groups excluding carboxylic acids is 1. The second-order valence-electron chi connectivity index (χ2n) is 7.17. The average Bonchev–Trinajstić information content (AvgIpc) is 2.80. The lowest BCUT2D eigenvalue weighted by atomic mass is 10.0. The summed E-state index contributed by atoms with van der Waals surface area (Å²) in [6, 6.07) is 20.0. The van der Waals surface area contributed by atoms with Crippen molar-refractivity contribution in [3.8, 4) is 22.5 Å². The van der Waals surface area contributed by atoms with Gasteiger partial charge in [0, 0.05) is 24.2 Å². The maximum atomic E-state index is 12.8. The number of carbonyl (C=O) groups is 1. The van der Waals surface area contributed by atoms with Crippen molar-refractivity contribution in [1.29, 1.82) is 0 Å². The van der Waals surface area contributed by atoms with Gasteiger partial charge in [0.1, 0.15) is 11.4 Å². The third kappa shape index (κ3) is 4.65. The predicted octanol–water partition coefficient (Wildman–Crippen LogP) is 4.70. The smallest absolute Gasteiger partial charge is 0.235 e. The van der Waals surface area contributed by atoms with Crippen LogP contribution in [-0.4, -0.2) is 44.3 Å². The second kappa shape index (κ2) is 9.18. The molecule has 1 unspecified atom stereocenters. The zero-order valence-electron chi connectivity index (χ0n) is 16.5. The molecule has 1 aromatic heterocycles. The first-order valence-electron chi connectivity index (χ1n) is 10.0. The summed E-state index contributed by atoms with van der Waals surface area (Å²) < 4.78 is 0. The van der Waals surface area contributed by atoms with Gasteiger partial charge in [0.25, 0.3) is 0 Å². The van der Waals surface area contributed by atoms with Crippen LogP contribution < -0.4 is 0 Å². The Morgan fingerprint density at radius 1 is 0.862 bits per heavy atom. The number of nitrogens with zero attached hydrogens (tertiary/aromatic N) is 4. The van der Waals surface area contributed by atoms with Gasteiger partial charge in [0.2, 0.25) is 11.1 Å². The molecule has 1 amide bonds. The monoisotopic (exact) mass is 404 g/mol. The highest BCUT2D eigenvalue weighted by atomic mass is 32.2. The normalized spacial score (nSPS) is 15.1. The van der Waals surface area contributed by atoms with Crippen LogP contribution in [0.2, 0.25) is 0 Å². The molecule has 1 atom stereocenters.